The molecule has 0 N–H and O–H groups in total. The molecule has 3 aliphatic rings. The SMILES string of the molecule is CC(C)(C)c1ccc2c(c1)c1cc(C(C)(C)C)cc3c1n2-c1cccc2c1N3c1cccc3c1B2c1ccccc1N3c1ccccc1. The first-order chi connectivity index (χ1) is 23.1. The number of hydrogen-bond acceptors (Lipinski definition) is 2. The van der Waals surface area contributed by atoms with Gasteiger partial charge >= 0.3 is 0 Å². The molecule has 48 heavy (non-hydrogen) atoms. The lowest BCUT2D eigenvalue weighted by molar-refractivity contribution is 0.590. The van der Waals surface area contributed by atoms with Crippen LogP contribution < -0.4 is 26.2 Å². The summed E-state index contributed by atoms with van der Waals surface area (Å²) in [5, 5.41) is 2.66. The molecular formula is C44H38BN3. The number of rotatable bonds is 1. The van der Waals surface area contributed by atoms with Gasteiger partial charge in [0, 0.05) is 33.5 Å². The predicted molar refractivity (Wildman–Crippen MR) is 206 cm³/mol. The maximum Gasteiger partial charge on any atom is 0.252 e. The highest BCUT2D eigenvalue weighted by Crippen LogP contribution is 2.53. The number of fused-ring (bicyclic) bond motifs is 9. The van der Waals surface area contributed by atoms with E-state index in [1.54, 1.807) is 0 Å². The van der Waals surface area contributed by atoms with Gasteiger partial charge in [-0.05, 0) is 99.0 Å². The van der Waals surface area contributed by atoms with Gasteiger partial charge in [0.2, 0.25) is 0 Å². The van der Waals surface area contributed by atoms with Crippen LogP contribution in [0.15, 0.2) is 121 Å². The molecule has 0 radical (unpaired) electrons. The molecule has 1 aromatic heterocycles. The van der Waals surface area contributed by atoms with E-state index in [2.05, 4.69) is 177 Å². The minimum atomic E-state index is -0.0158. The number of hydrogen-bond donors (Lipinski definition) is 0. The maximum atomic E-state index is 2.61. The lowest BCUT2D eigenvalue weighted by atomic mass is 9.33. The molecule has 3 nitrogen and oxygen atoms in total. The molecule has 0 aliphatic carbocycles. The van der Waals surface area contributed by atoms with E-state index in [4.69, 9.17) is 0 Å². The summed E-state index contributed by atoms with van der Waals surface area (Å²) < 4.78 is 2.56. The lowest BCUT2D eigenvalue weighted by Crippen LogP contribution is -2.61. The molecule has 0 atom stereocenters. The first-order valence-electron chi connectivity index (χ1n) is 17.2. The fraction of sp³-hybridized carbons (Fsp3) is 0.182. The zero-order valence-electron chi connectivity index (χ0n) is 28.5. The molecule has 0 spiro atoms. The minimum Gasteiger partial charge on any atom is -0.311 e. The van der Waals surface area contributed by atoms with Crippen molar-refractivity contribution in [3.05, 3.63) is 132 Å². The van der Waals surface area contributed by atoms with Crippen LogP contribution >= 0.6 is 0 Å². The third-order valence-corrected chi connectivity index (χ3v) is 11.0. The fourth-order valence-corrected chi connectivity index (χ4v) is 8.65. The van der Waals surface area contributed by atoms with Gasteiger partial charge < -0.3 is 14.4 Å². The van der Waals surface area contributed by atoms with Gasteiger partial charge in [-0.2, -0.15) is 0 Å². The molecule has 0 saturated carbocycles. The molecule has 0 unspecified atom stereocenters. The Labute approximate surface area is 283 Å². The summed E-state index contributed by atoms with van der Waals surface area (Å²) in [6.07, 6.45) is 0. The molecule has 6 aromatic carbocycles. The fourth-order valence-electron chi connectivity index (χ4n) is 8.65. The van der Waals surface area contributed by atoms with Gasteiger partial charge in [0.05, 0.1) is 28.1 Å². The summed E-state index contributed by atoms with van der Waals surface area (Å²) in [4.78, 5) is 5.08. The molecule has 7 aromatic rings. The maximum absolute atomic E-state index is 2.61. The minimum absolute atomic E-state index is 0.0158. The van der Waals surface area contributed by atoms with Crippen molar-refractivity contribution in [3.63, 3.8) is 0 Å². The van der Waals surface area contributed by atoms with Crippen LogP contribution in [0.3, 0.4) is 0 Å². The molecule has 0 saturated heterocycles. The van der Waals surface area contributed by atoms with Gasteiger partial charge in [0.1, 0.15) is 0 Å². The lowest BCUT2D eigenvalue weighted by Gasteiger charge is -2.46. The van der Waals surface area contributed by atoms with Crippen molar-refractivity contribution in [1.29, 1.82) is 0 Å². The molecule has 4 heteroatoms. The van der Waals surface area contributed by atoms with Crippen LogP contribution in [0.4, 0.5) is 34.1 Å². The van der Waals surface area contributed by atoms with Gasteiger partial charge in [-0.1, -0.05) is 102 Å². The third-order valence-electron chi connectivity index (χ3n) is 11.0. The highest BCUT2D eigenvalue weighted by molar-refractivity contribution is 7.00. The van der Waals surface area contributed by atoms with Crippen LogP contribution in [0.5, 0.6) is 0 Å². The average Bonchev–Trinajstić information content (AvgIpc) is 3.41. The van der Waals surface area contributed by atoms with Gasteiger partial charge in [-0.25, -0.2) is 0 Å². The molecule has 0 fully saturated rings. The Hall–Kier alpha value is -5.22. The standard InChI is InChI=1S/C44H38BN3/c1-43(2,3)27-22-23-34-30(24-27)31-25-28(44(4,5)6)26-39-41(31)47(34)38-21-12-17-33-42(38)48(39)37-20-13-19-36-40(37)45(33)32-16-10-11-18-35(32)46(36)29-14-8-7-9-15-29/h7-26H,1-6H3. The van der Waals surface area contributed by atoms with Gasteiger partial charge in [0.15, 0.2) is 0 Å². The molecular weight excluding hydrogens is 581 g/mol. The van der Waals surface area contributed by atoms with Crippen molar-refractivity contribution < 1.29 is 0 Å². The van der Waals surface area contributed by atoms with Gasteiger partial charge in [-0.15, -0.1) is 0 Å². The average molecular weight is 620 g/mol. The van der Waals surface area contributed by atoms with Crippen LogP contribution in [0.1, 0.15) is 52.7 Å². The quantitative estimate of drug-likeness (QED) is 0.170. The smallest absolute Gasteiger partial charge is 0.252 e. The largest absolute Gasteiger partial charge is 0.311 e. The Morgan fingerprint density at radius 1 is 0.479 bits per heavy atom. The van der Waals surface area contributed by atoms with Crippen molar-refractivity contribution in [1.82, 2.24) is 4.57 Å². The van der Waals surface area contributed by atoms with Crippen molar-refractivity contribution in [3.8, 4) is 5.69 Å². The van der Waals surface area contributed by atoms with E-state index in [0.29, 0.717) is 0 Å². The summed E-state index contributed by atoms with van der Waals surface area (Å²) in [5.74, 6) is 0. The van der Waals surface area contributed by atoms with Crippen molar-refractivity contribution in [2.75, 3.05) is 9.80 Å². The van der Waals surface area contributed by atoms with Crippen molar-refractivity contribution >= 4 is 79.0 Å². The van der Waals surface area contributed by atoms with Crippen LogP contribution in [0.25, 0.3) is 27.5 Å². The van der Waals surface area contributed by atoms with Crippen LogP contribution in [-0.4, -0.2) is 11.3 Å². The zero-order valence-corrected chi connectivity index (χ0v) is 28.5. The Bertz CT molecular complexity index is 2490. The third kappa shape index (κ3) is 3.55. The number of benzene rings is 6. The van der Waals surface area contributed by atoms with Crippen LogP contribution in [0, 0.1) is 0 Å². The topological polar surface area (TPSA) is 11.4 Å². The number of para-hydroxylation sites is 3. The van der Waals surface area contributed by atoms with E-state index in [9.17, 15) is 0 Å². The number of aromatic nitrogens is 1. The monoisotopic (exact) mass is 619 g/mol. The number of anilines is 6. The summed E-state index contributed by atoms with van der Waals surface area (Å²) in [6.45, 7) is 14.1. The summed E-state index contributed by atoms with van der Waals surface area (Å²) >= 11 is 0. The first kappa shape index (κ1) is 27.9. The van der Waals surface area contributed by atoms with E-state index in [0.717, 1.165) is 0 Å². The second-order valence-corrected chi connectivity index (χ2v) is 15.9. The van der Waals surface area contributed by atoms with Crippen LogP contribution in [0.2, 0.25) is 0 Å². The zero-order chi connectivity index (χ0) is 32.7. The van der Waals surface area contributed by atoms with E-state index < -0.39 is 0 Å². The highest BCUT2D eigenvalue weighted by Gasteiger charge is 2.45. The highest BCUT2D eigenvalue weighted by atomic mass is 15.2. The normalized spacial score (nSPS) is 14.3. The number of nitrogens with zero attached hydrogens (tertiary/aromatic N) is 3. The van der Waals surface area contributed by atoms with Crippen molar-refractivity contribution in [2.24, 2.45) is 0 Å². The van der Waals surface area contributed by atoms with Gasteiger partial charge in [-0.3, -0.25) is 0 Å². The summed E-state index contributed by atoms with van der Waals surface area (Å²) in [7, 11) is 0. The Kier molecular flexibility index (Phi) is 5.36. The molecule has 0 bridgehead atoms. The van der Waals surface area contributed by atoms with E-state index in [-0.39, 0.29) is 17.5 Å². The second-order valence-electron chi connectivity index (χ2n) is 15.9. The second kappa shape index (κ2) is 9.23. The van der Waals surface area contributed by atoms with Crippen molar-refractivity contribution in [2.45, 2.75) is 52.4 Å². The van der Waals surface area contributed by atoms with E-state index in [1.165, 1.54) is 89.1 Å². The Morgan fingerprint density at radius 3 is 1.88 bits per heavy atom. The molecule has 4 heterocycles. The Morgan fingerprint density at radius 2 is 1.10 bits per heavy atom. The summed E-state index contributed by atoms with van der Waals surface area (Å²) in [5.41, 5.74) is 18.2. The molecule has 0 amide bonds. The predicted octanol–water partition coefficient (Wildman–Crippen LogP) is 9.77. The first-order valence-corrected chi connectivity index (χ1v) is 17.2. The molecule has 10 rings (SSSR count). The molecule has 3 aliphatic heterocycles. The summed E-state index contributed by atoms with van der Waals surface area (Å²) in [6, 6.07) is 45.9. The van der Waals surface area contributed by atoms with Crippen LogP contribution in [-0.2, 0) is 10.8 Å². The van der Waals surface area contributed by atoms with Gasteiger partial charge in [0.25, 0.3) is 6.71 Å². The van der Waals surface area contributed by atoms with E-state index in [1.807, 2.05) is 0 Å². The molecule has 232 valence electrons. The van der Waals surface area contributed by atoms with E-state index >= 15 is 0 Å². The Balaban J connectivity index is 1.36.